The third kappa shape index (κ3) is 3.81. The Morgan fingerprint density at radius 1 is 1.37 bits per heavy atom. The van der Waals surface area contributed by atoms with Crippen LogP contribution in [0.3, 0.4) is 0 Å². The van der Waals surface area contributed by atoms with E-state index >= 15 is 0 Å². The van der Waals surface area contributed by atoms with Gasteiger partial charge >= 0.3 is 0 Å². The Labute approximate surface area is 120 Å². The Hall–Kier alpha value is -0.840. The van der Waals surface area contributed by atoms with Crippen LogP contribution < -0.4 is 10.1 Å². The summed E-state index contributed by atoms with van der Waals surface area (Å²) in [5.41, 5.74) is 0.778. The largest absolute Gasteiger partial charge is 0.497 e. The summed E-state index contributed by atoms with van der Waals surface area (Å²) in [6.45, 7) is 6.02. The molecule has 0 saturated carbocycles. The lowest BCUT2D eigenvalue weighted by molar-refractivity contribution is 0.166. The molecule has 1 fully saturated rings. The molecule has 1 N–H and O–H groups in total. The molecule has 2 rings (SSSR count). The lowest BCUT2D eigenvalue weighted by Gasteiger charge is -2.34. The van der Waals surface area contributed by atoms with Crippen molar-refractivity contribution >= 4 is 12.4 Å². The van der Waals surface area contributed by atoms with Gasteiger partial charge in [0.1, 0.15) is 11.6 Å². The zero-order valence-electron chi connectivity index (χ0n) is 11.5. The molecule has 1 heterocycles. The molecule has 1 aromatic rings. The van der Waals surface area contributed by atoms with Gasteiger partial charge in [0.15, 0.2) is 0 Å². The monoisotopic (exact) mass is 288 g/mol. The Morgan fingerprint density at radius 3 is 2.58 bits per heavy atom. The summed E-state index contributed by atoms with van der Waals surface area (Å²) in [5.74, 6) is 0.408. The molecule has 1 atom stereocenters. The molecular weight excluding hydrogens is 267 g/mol. The molecule has 0 aromatic heterocycles. The van der Waals surface area contributed by atoms with E-state index in [1.807, 2.05) is 12.1 Å². The molecule has 0 bridgehead atoms. The average Bonchev–Trinajstić information content (AvgIpc) is 2.42. The van der Waals surface area contributed by atoms with Crippen molar-refractivity contribution in [1.29, 1.82) is 0 Å². The van der Waals surface area contributed by atoms with Crippen LogP contribution in [-0.2, 0) is 0 Å². The van der Waals surface area contributed by atoms with E-state index in [-0.39, 0.29) is 24.3 Å². The number of benzene rings is 1. The summed E-state index contributed by atoms with van der Waals surface area (Å²) in [7, 11) is 1.56. The van der Waals surface area contributed by atoms with Gasteiger partial charge in [0.25, 0.3) is 0 Å². The highest BCUT2D eigenvalue weighted by molar-refractivity contribution is 5.85. The summed E-state index contributed by atoms with van der Waals surface area (Å²) in [6.07, 6.45) is 0.920. The number of nitrogens with zero attached hydrogens (tertiary/aromatic N) is 1. The first-order valence-electron chi connectivity index (χ1n) is 6.54. The molecule has 0 spiro atoms. The zero-order chi connectivity index (χ0) is 13.0. The highest BCUT2D eigenvalue weighted by Crippen LogP contribution is 2.28. The molecule has 1 saturated heterocycles. The van der Waals surface area contributed by atoms with Crippen LogP contribution in [0.4, 0.5) is 4.39 Å². The van der Waals surface area contributed by atoms with Gasteiger partial charge in [0.2, 0.25) is 0 Å². The van der Waals surface area contributed by atoms with E-state index in [9.17, 15) is 4.39 Å². The molecule has 1 aromatic carbocycles. The number of rotatable bonds is 4. The van der Waals surface area contributed by atoms with Crippen molar-refractivity contribution in [2.75, 3.05) is 33.3 Å². The van der Waals surface area contributed by atoms with Crippen LogP contribution in [-0.4, -0.2) is 38.2 Å². The van der Waals surface area contributed by atoms with Gasteiger partial charge in [0.05, 0.1) is 7.11 Å². The molecule has 5 heteroatoms. The van der Waals surface area contributed by atoms with E-state index < -0.39 is 0 Å². The highest BCUT2D eigenvalue weighted by atomic mass is 35.5. The number of hydrogen-bond acceptors (Lipinski definition) is 3. The first-order chi connectivity index (χ1) is 8.76. The van der Waals surface area contributed by atoms with Crippen LogP contribution in [0.15, 0.2) is 18.2 Å². The van der Waals surface area contributed by atoms with Crippen LogP contribution in [0, 0.1) is 5.82 Å². The first-order valence-corrected chi connectivity index (χ1v) is 6.54. The van der Waals surface area contributed by atoms with Crippen LogP contribution in [0.25, 0.3) is 0 Å². The van der Waals surface area contributed by atoms with Crippen molar-refractivity contribution in [3.63, 3.8) is 0 Å². The van der Waals surface area contributed by atoms with Gasteiger partial charge in [-0.25, -0.2) is 4.39 Å². The van der Waals surface area contributed by atoms with Gasteiger partial charge < -0.3 is 10.1 Å². The van der Waals surface area contributed by atoms with Crippen LogP contribution in [0.1, 0.15) is 24.9 Å². The maximum atomic E-state index is 14.1. The second-order valence-corrected chi connectivity index (χ2v) is 4.60. The fourth-order valence-electron chi connectivity index (χ4n) is 2.57. The normalized spacial score (nSPS) is 17.6. The minimum Gasteiger partial charge on any atom is -0.497 e. The van der Waals surface area contributed by atoms with Gasteiger partial charge in [0, 0.05) is 43.9 Å². The number of nitrogens with one attached hydrogen (secondary N) is 1. The maximum Gasteiger partial charge on any atom is 0.131 e. The Bertz CT molecular complexity index is 397. The lowest BCUT2D eigenvalue weighted by atomic mass is 10.0. The Kier molecular flexibility index (Phi) is 6.55. The number of methoxy groups -OCH3 is 1. The molecule has 0 radical (unpaired) electrons. The number of ether oxygens (including phenoxy) is 1. The number of piperazine rings is 1. The molecule has 108 valence electrons. The topological polar surface area (TPSA) is 24.5 Å². The number of hydrogen-bond donors (Lipinski definition) is 1. The fourth-order valence-corrected chi connectivity index (χ4v) is 2.57. The predicted molar refractivity (Wildman–Crippen MR) is 77.7 cm³/mol. The van der Waals surface area contributed by atoms with Crippen molar-refractivity contribution < 1.29 is 9.13 Å². The summed E-state index contributed by atoms with van der Waals surface area (Å²) in [5, 5.41) is 3.32. The quantitative estimate of drug-likeness (QED) is 0.922. The second-order valence-electron chi connectivity index (χ2n) is 4.60. The summed E-state index contributed by atoms with van der Waals surface area (Å²) < 4.78 is 19.2. The summed E-state index contributed by atoms with van der Waals surface area (Å²) >= 11 is 0. The van der Waals surface area contributed by atoms with Gasteiger partial charge in [-0.3, -0.25) is 4.90 Å². The molecule has 0 aliphatic carbocycles. The van der Waals surface area contributed by atoms with Crippen molar-refractivity contribution in [2.24, 2.45) is 0 Å². The maximum absolute atomic E-state index is 14.1. The molecule has 1 aliphatic heterocycles. The van der Waals surface area contributed by atoms with E-state index in [0.29, 0.717) is 5.75 Å². The van der Waals surface area contributed by atoms with Crippen LogP contribution in [0.5, 0.6) is 5.75 Å². The van der Waals surface area contributed by atoms with Gasteiger partial charge in [-0.1, -0.05) is 13.0 Å². The third-order valence-corrected chi connectivity index (χ3v) is 3.55. The molecule has 3 nitrogen and oxygen atoms in total. The molecule has 0 unspecified atom stereocenters. The van der Waals surface area contributed by atoms with Crippen LogP contribution in [0.2, 0.25) is 0 Å². The SMILES string of the molecule is CC[C@H](c1ccc(OC)cc1F)N1CCNCC1.Cl. The summed E-state index contributed by atoms with van der Waals surface area (Å²) in [4.78, 5) is 2.35. The van der Waals surface area contributed by atoms with E-state index in [0.717, 1.165) is 38.2 Å². The highest BCUT2D eigenvalue weighted by Gasteiger charge is 2.23. The van der Waals surface area contributed by atoms with E-state index in [1.165, 1.54) is 6.07 Å². The molecule has 1 aliphatic rings. The standard InChI is InChI=1S/C14H21FN2O.ClH/c1-3-14(17-8-6-16-7-9-17)12-5-4-11(18-2)10-13(12)15;/h4-5,10,14,16H,3,6-9H2,1-2H3;1H/t14-;/m1./s1. The van der Waals surface area contributed by atoms with E-state index in [4.69, 9.17) is 4.74 Å². The average molecular weight is 289 g/mol. The predicted octanol–water partition coefficient (Wildman–Crippen LogP) is 2.61. The lowest BCUT2D eigenvalue weighted by Crippen LogP contribution is -2.45. The van der Waals surface area contributed by atoms with Crippen molar-refractivity contribution in [3.05, 3.63) is 29.6 Å². The van der Waals surface area contributed by atoms with E-state index in [2.05, 4.69) is 17.1 Å². The molecule has 0 amide bonds. The van der Waals surface area contributed by atoms with Crippen molar-refractivity contribution in [3.8, 4) is 5.75 Å². The minimum atomic E-state index is -0.167. The second kappa shape index (κ2) is 7.68. The Balaban J connectivity index is 0.00000180. The van der Waals surface area contributed by atoms with Crippen LogP contribution >= 0.6 is 12.4 Å². The molecular formula is C14H22ClFN2O. The Morgan fingerprint density at radius 2 is 2.05 bits per heavy atom. The first kappa shape index (κ1) is 16.2. The third-order valence-electron chi connectivity index (χ3n) is 3.55. The summed E-state index contributed by atoms with van der Waals surface area (Å²) in [6, 6.07) is 5.33. The van der Waals surface area contributed by atoms with Gasteiger partial charge in [-0.2, -0.15) is 0 Å². The van der Waals surface area contributed by atoms with Gasteiger partial charge in [-0.15, -0.1) is 12.4 Å². The van der Waals surface area contributed by atoms with Crippen molar-refractivity contribution in [1.82, 2.24) is 10.2 Å². The van der Waals surface area contributed by atoms with Gasteiger partial charge in [-0.05, 0) is 12.5 Å². The fraction of sp³-hybridized carbons (Fsp3) is 0.571. The molecule has 19 heavy (non-hydrogen) atoms. The zero-order valence-corrected chi connectivity index (χ0v) is 12.3. The van der Waals surface area contributed by atoms with Crippen molar-refractivity contribution in [2.45, 2.75) is 19.4 Å². The smallest absolute Gasteiger partial charge is 0.131 e. The number of halogens is 2. The van der Waals surface area contributed by atoms with E-state index in [1.54, 1.807) is 7.11 Å². The minimum absolute atomic E-state index is 0.